The third-order valence-electron chi connectivity index (χ3n) is 4.02. The molecule has 3 nitrogen and oxygen atoms in total. The van der Waals surface area contributed by atoms with E-state index in [-0.39, 0.29) is 5.41 Å². The topological polar surface area (TPSA) is 35.0 Å². The van der Waals surface area contributed by atoms with E-state index >= 15 is 0 Å². The first kappa shape index (κ1) is 18.9. The average molecular weight is 306 g/mol. The van der Waals surface area contributed by atoms with Gasteiger partial charge in [0.1, 0.15) is 0 Å². The summed E-state index contributed by atoms with van der Waals surface area (Å²) in [7, 11) is 0. The van der Waals surface area contributed by atoms with E-state index in [4.69, 9.17) is 4.74 Å². The number of aromatic nitrogens is 2. The van der Waals surface area contributed by atoms with Crippen molar-refractivity contribution in [1.29, 1.82) is 0 Å². The zero-order valence-corrected chi connectivity index (χ0v) is 15.2. The summed E-state index contributed by atoms with van der Waals surface area (Å²) in [6.45, 7) is 11.6. The Balaban J connectivity index is 2.51. The molecule has 0 bridgehead atoms. The Labute approximate surface area is 136 Å². The minimum absolute atomic E-state index is 0.193. The van der Waals surface area contributed by atoms with Gasteiger partial charge in [0.05, 0.1) is 18.0 Å². The zero-order valence-electron chi connectivity index (χ0n) is 15.2. The van der Waals surface area contributed by atoms with Gasteiger partial charge in [-0.3, -0.25) is 4.98 Å². The van der Waals surface area contributed by atoms with Gasteiger partial charge in [0, 0.05) is 6.20 Å². The highest BCUT2D eigenvalue weighted by Gasteiger charge is 2.18. The van der Waals surface area contributed by atoms with Crippen molar-refractivity contribution < 1.29 is 4.74 Å². The Bertz CT molecular complexity index is 429. The molecule has 0 spiro atoms. The molecule has 3 heteroatoms. The maximum Gasteiger partial charge on any atom is 0.235 e. The first-order valence-electron chi connectivity index (χ1n) is 8.94. The lowest BCUT2D eigenvalue weighted by molar-refractivity contribution is 0.161. The standard InChI is InChI=1S/C19H34N2O/c1-6-8-9-10-11-12-17-14-20-16(3)18(21-17)22-15-19(4,5)13-7-2/h14H,6-13,15H2,1-5H3. The number of rotatable bonds is 11. The van der Waals surface area contributed by atoms with Gasteiger partial charge in [-0.15, -0.1) is 0 Å². The first-order chi connectivity index (χ1) is 10.5. The largest absolute Gasteiger partial charge is 0.476 e. The molecule has 0 radical (unpaired) electrons. The number of ether oxygens (including phenoxy) is 1. The van der Waals surface area contributed by atoms with Gasteiger partial charge in [-0.25, -0.2) is 4.98 Å². The molecule has 22 heavy (non-hydrogen) atoms. The third-order valence-corrected chi connectivity index (χ3v) is 4.02. The van der Waals surface area contributed by atoms with E-state index in [1.165, 1.54) is 38.5 Å². The van der Waals surface area contributed by atoms with Crippen LogP contribution in [0.3, 0.4) is 0 Å². The maximum atomic E-state index is 5.97. The molecular formula is C19H34N2O. The quantitative estimate of drug-likeness (QED) is 0.506. The van der Waals surface area contributed by atoms with E-state index in [0.717, 1.165) is 30.1 Å². The van der Waals surface area contributed by atoms with E-state index in [9.17, 15) is 0 Å². The number of nitrogens with zero attached hydrogens (tertiary/aromatic N) is 2. The molecule has 1 aromatic heterocycles. The van der Waals surface area contributed by atoms with Crippen LogP contribution in [0.2, 0.25) is 0 Å². The van der Waals surface area contributed by atoms with E-state index in [1.807, 2.05) is 13.1 Å². The molecule has 0 atom stereocenters. The Morgan fingerprint density at radius 2 is 1.77 bits per heavy atom. The van der Waals surface area contributed by atoms with Crippen molar-refractivity contribution in [1.82, 2.24) is 9.97 Å². The summed E-state index contributed by atoms with van der Waals surface area (Å²) >= 11 is 0. The zero-order chi connectivity index (χ0) is 16.4. The van der Waals surface area contributed by atoms with Gasteiger partial charge in [-0.2, -0.15) is 0 Å². The van der Waals surface area contributed by atoms with Gasteiger partial charge in [0.15, 0.2) is 0 Å². The van der Waals surface area contributed by atoms with E-state index in [2.05, 4.69) is 37.7 Å². The van der Waals surface area contributed by atoms with Gasteiger partial charge < -0.3 is 4.74 Å². The SMILES string of the molecule is CCCCCCCc1cnc(C)c(OCC(C)(C)CCC)n1. The third kappa shape index (κ3) is 7.24. The van der Waals surface area contributed by atoms with Gasteiger partial charge in [0.2, 0.25) is 5.88 Å². The highest BCUT2D eigenvalue weighted by atomic mass is 16.5. The van der Waals surface area contributed by atoms with Gasteiger partial charge in [-0.1, -0.05) is 59.8 Å². The summed E-state index contributed by atoms with van der Waals surface area (Å²) in [5.74, 6) is 0.718. The Morgan fingerprint density at radius 3 is 2.45 bits per heavy atom. The number of hydrogen-bond acceptors (Lipinski definition) is 3. The van der Waals surface area contributed by atoms with Crippen LogP contribution in [0.25, 0.3) is 0 Å². The second-order valence-corrected chi connectivity index (χ2v) is 7.12. The van der Waals surface area contributed by atoms with E-state index in [0.29, 0.717) is 6.61 Å². The number of unbranched alkanes of at least 4 members (excludes halogenated alkanes) is 4. The van der Waals surface area contributed by atoms with Crippen LogP contribution in [-0.4, -0.2) is 16.6 Å². The molecule has 1 rings (SSSR count). The van der Waals surface area contributed by atoms with Crippen molar-refractivity contribution in [3.05, 3.63) is 17.6 Å². The average Bonchev–Trinajstić information content (AvgIpc) is 2.47. The van der Waals surface area contributed by atoms with Crippen LogP contribution in [0, 0.1) is 12.3 Å². The lowest BCUT2D eigenvalue weighted by Gasteiger charge is -2.24. The van der Waals surface area contributed by atoms with Crippen LogP contribution in [0.5, 0.6) is 5.88 Å². The highest BCUT2D eigenvalue weighted by Crippen LogP contribution is 2.24. The Kier molecular flexibility index (Phi) is 8.44. The van der Waals surface area contributed by atoms with Crippen LogP contribution in [-0.2, 0) is 6.42 Å². The van der Waals surface area contributed by atoms with Crippen LogP contribution >= 0.6 is 0 Å². The Morgan fingerprint density at radius 1 is 1.05 bits per heavy atom. The van der Waals surface area contributed by atoms with Crippen molar-refractivity contribution >= 4 is 0 Å². The molecule has 1 aromatic rings. The monoisotopic (exact) mass is 306 g/mol. The lowest BCUT2D eigenvalue weighted by Crippen LogP contribution is -2.22. The van der Waals surface area contributed by atoms with Gasteiger partial charge in [-0.05, 0) is 31.6 Å². The molecule has 0 unspecified atom stereocenters. The summed E-state index contributed by atoms with van der Waals surface area (Å²) in [5, 5.41) is 0. The van der Waals surface area contributed by atoms with Crippen molar-refractivity contribution in [3.63, 3.8) is 0 Å². The summed E-state index contributed by atoms with van der Waals surface area (Å²) in [6.07, 6.45) is 11.7. The molecule has 0 aliphatic carbocycles. The molecule has 0 aromatic carbocycles. The van der Waals surface area contributed by atoms with Gasteiger partial charge in [0.25, 0.3) is 0 Å². The lowest BCUT2D eigenvalue weighted by atomic mass is 9.89. The second-order valence-electron chi connectivity index (χ2n) is 7.12. The molecular weight excluding hydrogens is 272 g/mol. The van der Waals surface area contributed by atoms with E-state index < -0.39 is 0 Å². The second kappa shape index (κ2) is 9.81. The van der Waals surface area contributed by atoms with Crippen molar-refractivity contribution in [2.45, 2.75) is 86.0 Å². The smallest absolute Gasteiger partial charge is 0.235 e. The molecule has 0 saturated carbocycles. The van der Waals surface area contributed by atoms with Crippen LogP contribution in [0.4, 0.5) is 0 Å². The summed E-state index contributed by atoms with van der Waals surface area (Å²) < 4.78 is 5.97. The van der Waals surface area contributed by atoms with Crippen LogP contribution < -0.4 is 4.74 Å². The van der Waals surface area contributed by atoms with Crippen molar-refractivity contribution in [3.8, 4) is 5.88 Å². The minimum atomic E-state index is 0.193. The van der Waals surface area contributed by atoms with Crippen molar-refractivity contribution in [2.75, 3.05) is 6.61 Å². The molecule has 0 N–H and O–H groups in total. The fourth-order valence-electron chi connectivity index (χ4n) is 2.65. The van der Waals surface area contributed by atoms with Crippen LogP contribution in [0.1, 0.15) is 84.0 Å². The Hall–Kier alpha value is -1.12. The number of hydrogen-bond donors (Lipinski definition) is 0. The number of aryl methyl sites for hydroxylation is 2. The van der Waals surface area contributed by atoms with Crippen LogP contribution in [0.15, 0.2) is 6.20 Å². The summed E-state index contributed by atoms with van der Waals surface area (Å²) in [6, 6.07) is 0. The minimum Gasteiger partial charge on any atom is -0.476 e. The summed E-state index contributed by atoms with van der Waals surface area (Å²) in [4.78, 5) is 9.12. The maximum absolute atomic E-state index is 5.97. The predicted molar refractivity (Wildman–Crippen MR) is 93.4 cm³/mol. The fraction of sp³-hybridized carbons (Fsp3) is 0.789. The summed E-state index contributed by atoms with van der Waals surface area (Å²) in [5.41, 5.74) is 2.14. The molecule has 0 aliphatic heterocycles. The van der Waals surface area contributed by atoms with Gasteiger partial charge >= 0.3 is 0 Å². The molecule has 0 fully saturated rings. The normalized spacial score (nSPS) is 11.7. The molecule has 0 saturated heterocycles. The fourth-order valence-corrected chi connectivity index (χ4v) is 2.65. The molecule has 1 heterocycles. The molecule has 0 amide bonds. The van der Waals surface area contributed by atoms with E-state index in [1.54, 1.807) is 0 Å². The molecule has 0 aliphatic rings. The van der Waals surface area contributed by atoms with Crippen molar-refractivity contribution in [2.24, 2.45) is 5.41 Å². The highest BCUT2D eigenvalue weighted by molar-refractivity contribution is 5.18. The molecule has 126 valence electrons. The predicted octanol–water partition coefficient (Wildman–Crippen LogP) is 5.50. The first-order valence-corrected chi connectivity index (χ1v) is 8.94.